The van der Waals surface area contributed by atoms with Crippen molar-refractivity contribution in [2.75, 3.05) is 0 Å². The van der Waals surface area contributed by atoms with Gasteiger partial charge >= 0.3 is 22.8 Å². The van der Waals surface area contributed by atoms with Crippen LogP contribution in [0.1, 0.15) is 10.5 Å². The van der Waals surface area contributed by atoms with Crippen LogP contribution in [0.3, 0.4) is 0 Å². The fraction of sp³-hybridized carbons (Fsp3) is 0. The number of carboxylic acid groups (broad SMARTS) is 1. The van der Waals surface area contributed by atoms with Crippen LogP contribution < -0.4 is 16.7 Å². The zero-order valence-corrected chi connectivity index (χ0v) is 8.41. The van der Waals surface area contributed by atoms with E-state index in [1.807, 2.05) is 4.98 Å². The molecule has 0 aliphatic carbocycles. The molecule has 0 aliphatic rings. The molecule has 0 aliphatic heterocycles. The van der Waals surface area contributed by atoms with Gasteiger partial charge in [-0.05, 0) is 0 Å². The number of hydrazine groups is 1. The van der Waals surface area contributed by atoms with Crippen molar-refractivity contribution >= 4 is 12.1 Å². The fourth-order valence-corrected chi connectivity index (χ4v) is 0.852. The van der Waals surface area contributed by atoms with Gasteiger partial charge in [0, 0.05) is 6.07 Å². The molecule has 0 radical (unpaired) electrons. The Balaban J connectivity index is 2.88. The van der Waals surface area contributed by atoms with E-state index in [1.165, 1.54) is 5.43 Å². The van der Waals surface area contributed by atoms with Gasteiger partial charge in [0.2, 0.25) is 0 Å². The normalized spacial score (nSPS) is 9.06. The van der Waals surface area contributed by atoms with E-state index in [-0.39, 0.29) is 5.28 Å². The van der Waals surface area contributed by atoms with Gasteiger partial charge < -0.3 is 10.1 Å². The predicted molar refractivity (Wildman–Crippen MR) is 51.2 cm³/mol. The molecule has 0 saturated heterocycles. The molecule has 12 heteroatoms. The third kappa shape index (κ3) is 3.34. The first-order chi connectivity index (χ1) is 8.42. The molecule has 1 rings (SSSR count). The Morgan fingerprint density at radius 3 is 2.61 bits per heavy atom. The first-order valence-electron chi connectivity index (χ1n) is 4.13. The van der Waals surface area contributed by atoms with Crippen molar-refractivity contribution in [2.45, 2.75) is 0 Å². The van der Waals surface area contributed by atoms with Crippen molar-refractivity contribution in [2.24, 2.45) is 0 Å². The quantitative estimate of drug-likeness (QED) is 0.369. The molecule has 12 nitrogen and oxygen atoms in total. The molecular formula is C6H5N6O6+. The Hall–Kier alpha value is -3.36. The molecule has 18 heavy (non-hydrogen) atoms. The summed E-state index contributed by atoms with van der Waals surface area (Å²) >= 11 is 0. The number of rotatable bonds is 3. The van der Waals surface area contributed by atoms with Gasteiger partial charge in [0.25, 0.3) is 16.2 Å². The van der Waals surface area contributed by atoms with Gasteiger partial charge in [0.1, 0.15) is 5.69 Å². The van der Waals surface area contributed by atoms with Gasteiger partial charge in [-0.3, -0.25) is 14.6 Å². The van der Waals surface area contributed by atoms with Crippen LogP contribution in [0.25, 0.3) is 5.08 Å². The highest BCUT2D eigenvalue weighted by molar-refractivity contribution is 5.86. The monoisotopic (exact) mass is 257 g/mol. The standard InChI is InChI=1S/C6H4N6O6/c7-11-12(10-6(16)17)18-4(14)2-1-3(13)9-5(15)8-2/h1,10H,(H2-,8,9,13,15,16,17)/p+1. The fourth-order valence-electron chi connectivity index (χ4n) is 0.852. The van der Waals surface area contributed by atoms with Gasteiger partial charge in [-0.25, -0.2) is 14.4 Å². The molecule has 0 bridgehead atoms. The largest absolute Gasteiger partial charge is 0.464 e. The summed E-state index contributed by atoms with van der Waals surface area (Å²) in [6.45, 7) is 0. The topological polar surface area (TPSA) is 173 Å². The Morgan fingerprint density at radius 1 is 1.44 bits per heavy atom. The minimum absolute atomic E-state index is 0.190. The van der Waals surface area contributed by atoms with E-state index >= 15 is 0 Å². The van der Waals surface area contributed by atoms with Crippen LogP contribution >= 0.6 is 0 Å². The highest BCUT2D eigenvalue weighted by Gasteiger charge is 2.24. The maximum absolute atomic E-state index is 11.3. The van der Waals surface area contributed by atoms with Crippen molar-refractivity contribution in [3.05, 3.63) is 37.7 Å². The number of aromatic amines is 2. The molecule has 0 atom stereocenters. The van der Waals surface area contributed by atoms with Crippen LogP contribution in [-0.2, 0) is 4.84 Å². The minimum atomic E-state index is -1.68. The third-order valence-electron chi connectivity index (χ3n) is 1.42. The number of nitrogens with zero attached hydrogens (tertiary/aromatic N) is 3. The van der Waals surface area contributed by atoms with Crippen molar-refractivity contribution in [3.63, 3.8) is 0 Å². The number of aromatic nitrogens is 2. The van der Waals surface area contributed by atoms with Crippen LogP contribution in [0, 0.1) is 5.39 Å². The minimum Gasteiger partial charge on any atom is -0.464 e. The summed E-state index contributed by atoms with van der Waals surface area (Å²) in [7, 11) is 0. The smallest absolute Gasteiger partial charge is 0.431 e. The van der Waals surface area contributed by atoms with E-state index in [4.69, 9.17) is 10.5 Å². The van der Waals surface area contributed by atoms with Crippen molar-refractivity contribution in [3.8, 4) is 0 Å². The third-order valence-corrected chi connectivity index (χ3v) is 1.42. The SMILES string of the molecule is N#[N+]N(NC(=O)O)OC(=O)c1cc(=O)[nH]c(=O)[nH]1. The molecule has 0 fully saturated rings. The summed E-state index contributed by atoms with van der Waals surface area (Å²) in [5, 5.41) is 18.6. The van der Waals surface area contributed by atoms with Crippen LogP contribution in [0.2, 0.25) is 0 Å². The molecule has 1 amide bonds. The Morgan fingerprint density at radius 2 is 2.11 bits per heavy atom. The molecule has 4 N–H and O–H groups in total. The number of nitrogens with one attached hydrogen (secondary N) is 3. The first-order valence-corrected chi connectivity index (χ1v) is 4.13. The molecule has 1 aromatic heterocycles. The number of amides is 1. The number of H-pyrrole nitrogens is 2. The highest BCUT2D eigenvalue weighted by atomic mass is 16.8. The van der Waals surface area contributed by atoms with E-state index in [0.717, 1.165) is 0 Å². The average molecular weight is 257 g/mol. The van der Waals surface area contributed by atoms with Crippen molar-refractivity contribution in [1.82, 2.24) is 20.7 Å². The summed E-state index contributed by atoms with van der Waals surface area (Å²) in [6.07, 6.45) is -1.68. The zero-order chi connectivity index (χ0) is 13.7. The predicted octanol–water partition coefficient (Wildman–Crippen LogP) is -1.61. The lowest BCUT2D eigenvalue weighted by atomic mass is 10.4. The molecule has 94 valence electrons. The lowest BCUT2D eigenvalue weighted by Crippen LogP contribution is -2.38. The number of carbonyl (C=O) groups is 2. The summed E-state index contributed by atoms with van der Waals surface area (Å²) in [5.74, 6) is -1.33. The Bertz CT molecular complexity index is 596. The maximum Gasteiger partial charge on any atom is 0.431 e. The molecule has 0 aromatic carbocycles. The molecule has 0 saturated carbocycles. The van der Waals surface area contributed by atoms with E-state index in [9.17, 15) is 19.2 Å². The van der Waals surface area contributed by atoms with Crippen LogP contribution in [0.4, 0.5) is 4.79 Å². The average Bonchev–Trinajstić information content (AvgIpc) is 2.26. The van der Waals surface area contributed by atoms with Crippen LogP contribution in [0.5, 0.6) is 0 Å². The Labute approximate surface area is 96.3 Å². The van der Waals surface area contributed by atoms with E-state index in [1.54, 1.807) is 4.98 Å². The van der Waals surface area contributed by atoms with Crippen molar-refractivity contribution < 1.29 is 19.5 Å². The van der Waals surface area contributed by atoms with Gasteiger partial charge in [-0.15, -0.1) is 5.43 Å². The number of hydrogen-bond donors (Lipinski definition) is 4. The lowest BCUT2D eigenvalue weighted by Gasteiger charge is -2.01. The summed E-state index contributed by atoms with van der Waals surface area (Å²) < 4.78 is 0. The summed E-state index contributed by atoms with van der Waals surface area (Å²) in [4.78, 5) is 51.1. The number of carbonyl (C=O) groups excluding carboxylic acids is 1. The molecule has 1 heterocycles. The molecule has 0 spiro atoms. The van der Waals surface area contributed by atoms with E-state index in [0.29, 0.717) is 6.07 Å². The zero-order valence-electron chi connectivity index (χ0n) is 8.41. The van der Waals surface area contributed by atoms with Gasteiger partial charge in [0.15, 0.2) is 0 Å². The van der Waals surface area contributed by atoms with Crippen LogP contribution in [0.15, 0.2) is 15.7 Å². The summed E-state index contributed by atoms with van der Waals surface area (Å²) in [5.41, 5.74) is -1.03. The van der Waals surface area contributed by atoms with Gasteiger partial charge in [-0.1, -0.05) is 0 Å². The highest BCUT2D eigenvalue weighted by Crippen LogP contribution is 1.95. The first kappa shape index (κ1) is 12.7. The van der Waals surface area contributed by atoms with Gasteiger partial charge in [0.05, 0.1) is 0 Å². The van der Waals surface area contributed by atoms with Crippen molar-refractivity contribution in [1.29, 1.82) is 5.39 Å². The van der Waals surface area contributed by atoms with Gasteiger partial charge in [-0.2, -0.15) is 0 Å². The maximum atomic E-state index is 11.3. The van der Waals surface area contributed by atoms with Crippen LogP contribution in [-0.4, -0.2) is 32.4 Å². The lowest BCUT2D eigenvalue weighted by molar-refractivity contribution is -0.106. The second-order valence-electron chi connectivity index (χ2n) is 2.66. The molecular weight excluding hydrogens is 252 g/mol. The second-order valence-corrected chi connectivity index (χ2v) is 2.66. The molecule has 0 unspecified atom stereocenters. The Kier molecular flexibility index (Phi) is 3.61. The number of hydrogen-bond acceptors (Lipinski definition) is 7. The second kappa shape index (κ2) is 5.12. The number of diazo groups is 1. The van der Waals surface area contributed by atoms with E-state index < -0.39 is 29.0 Å². The van der Waals surface area contributed by atoms with E-state index in [2.05, 4.69) is 9.92 Å². The molecule has 1 aromatic rings. The summed E-state index contributed by atoms with van der Waals surface area (Å²) in [6, 6.07) is 0.694.